The van der Waals surface area contributed by atoms with Crippen molar-refractivity contribution in [1.29, 1.82) is 0 Å². The molecule has 0 saturated carbocycles. The van der Waals surface area contributed by atoms with Gasteiger partial charge in [0.25, 0.3) is 5.91 Å². The molecule has 4 nitrogen and oxygen atoms in total. The normalized spacial score (nSPS) is 18.4. The molecule has 1 aliphatic rings. The summed E-state index contributed by atoms with van der Waals surface area (Å²) in [6.45, 7) is 0.860. The molecule has 2 aromatic heterocycles. The second-order valence-corrected chi connectivity index (χ2v) is 6.03. The molecule has 1 aliphatic heterocycles. The van der Waals surface area contributed by atoms with Crippen molar-refractivity contribution in [1.82, 2.24) is 15.1 Å². The number of nitrogens with one attached hydrogen (secondary N) is 1. The third-order valence-corrected chi connectivity index (χ3v) is 4.31. The van der Waals surface area contributed by atoms with E-state index in [0.717, 1.165) is 19.4 Å². The summed E-state index contributed by atoms with van der Waals surface area (Å²) in [6.07, 6.45) is 3.56. The summed E-state index contributed by atoms with van der Waals surface area (Å²) in [5.41, 5.74) is 1.18. The standard InChI is InChI=1S/C12H12ClN3OS/c13-11-2-1-10(18-11)12(17)15-8-4-6-16-9(7-8)3-5-14-16/h1-3,5,8H,4,6-7H2,(H,15,17). The van der Waals surface area contributed by atoms with Gasteiger partial charge in [0.1, 0.15) is 0 Å². The molecular formula is C12H12ClN3OS. The fraction of sp³-hybridized carbons (Fsp3) is 0.333. The van der Waals surface area contributed by atoms with Gasteiger partial charge in [0.15, 0.2) is 0 Å². The number of aryl methyl sites for hydroxylation is 1. The highest BCUT2D eigenvalue weighted by Crippen LogP contribution is 2.22. The number of fused-ring (bicyclic) bond motifs is 1. The summed E-state index contributed by atoms with van der Waals surface area (Å²) in [5, 5.41) is 7.27. The van der Waals surface area contributed by atoms with E-state index in [9.17, 15) is 4.79 Å². The first-order chi connectivity index (χ1) is 8.72. The number of hydrogen-bond acceptors (Lipinski definition) is 3. The SMILES string of the molecule is O=C(NC1CCn2nccc2C1)c1ccc(Cl)s1. The van der Waals surface area contributed by atoms with E-state index in [-0.39, 0.29) is 11.9 Å². The molecule has 3 rings (SSSR count). The summed E-state index contributed by atoms with van der Waals surface area (Å²) in [5.74, 6) is -0.0372. The van der Waals surface area contributed by atoms with Crippen LogP contribution in [0.5, 0.6) is 0 Å². The van der Waals surface area contributed by atoms with Gasteiger partial charge in [-0.25, -0.2) is 0 Å². The molecule has 0 saturated heterocycles. The molecule has 18 heavy (non-hydrogen) atoms. The van der Waals surface area contributed by atoms with Gasteiger partial charge in [0, 0.05) is 30.9 Å². The number of carbonyl (C=O) groups excluding carboxylic acids is 1. The van der Waals surface area contributed by atoms with Gasteiger partial charge >= 0.3 is 0 Å². The van der Waals surface area contributed by atoms with Crippen molar-refractivity contribution in [3.8, 4) is 0 Å². The zero-order valence-corrected chi connectivity index (χ0v) is 11.2. The van der Waals surface area contributed by atoms with Crippen LogP contribution in [0.1, 0.15) is 21.8 Å². The predicted molar refractivity (Wildman–Crippen MR) is 71.1 cm³/mol. The molecule has 0 aliphatic carbocycles. The third-order valence-electron chi connectivity index (χ3n) is 3.08. The molecule has 1 N–H and O–H groups in total. The van der Waals surface area contributed by atoms with Crippen LogP contribution in [-0.2, 0) is 13.0 Å². The Morgan fingerprint density at radius 3 is 3.17 bits per heavy atom. The van der Waals surface area contributed by atoms with E-state index in [2.05, 4.69) is 10.4 Å². The summed E-state index contributed by atoms with van der Waals surface area (Å²) in [6, 6.07) is 5.69. The van der Waals surface area contributed by atoms with Gasteiger partial charge in [0.05, 0.1) is 9.21 Å². The smallest absolute Gasteiger partial charge is 0.261 e. The van der Waals surface area contributed by atoms with Gasteiger partial charge in [-0.05, 0) is 24.6 Å². The Bertz CT molecular complexity index is 577. The number of carbonyl (C=O) groups is 1. The van der Waals surface area contributed by atoms with Crippen molar-refractivity contribution in [2.24, 2.45) is 0 Å². The Morgan fingerprint density at radius 2 is 2.39 bits per heavy atom. The van der Waals surface area contributed by atoms with Crippen molar-refractivity contribution < 1.29 is 4.79 Å². The fourth-order valence-electron chi connectivity index (χ4n) is 2.18. The lowest BCUT2D eigenvalue weighted by Gasteiger charge is -2.24. The minimum absolute atomic E-state index is 0.0372. The first-order valence-electron chi connectivity index (χ1n) is 5.79. The molecule has 94 valence electrons. The molecule has 0 fully saturated rings. The second kappa shape index (κ2) is 4.74. The lowest BCUT2D eigenvalue weighted by molar-refractivity contribution is 0.0934. The number of rotatable bonds is 2. The van der Waals surface area contributed by atoms with Gasteiger partial charge in [-0.1, -0.05) is 11.6 Å². The van der Waals surface area contributed by atoms with E-state index in [1.165, 1.54) is 17.0 Å². The van der Waals surface area contributed by atoms with Crippen molar-refractivity contribution in [3.63, 3.8) is 0 Å². The number of aromatic nitrogens is 2. The maximum Gasteiger partial charge on any atom is 0.261 e. The second-order valence-electron chi connectivity index (χ2n) is 4.31. The van der Waals surface area contributed by atoms with Gasteiger partial charge < -0.3 is 5.32 Å². The highest BCUT2D eigenvalue weighted by molar-refractivity contribution is 7.17. The Hall–Kier alpha value is -1.33. The van der Waals surface area contributed by atoms with Gasteiger partial charge in [0.2, 0.25) is 0 Å². The van der Waals surface area contributed by atoms with Crippen LogP contribution >= 0.6 is 22.9 Å². The van der Waals surface area contributed by atoms with Crippen LogP contribution < -0.4 is 5.32 Å². The molecule has 1 amide bonds. The van der Waals surface area contributed by atoms with E-state index < -0.39 is 0 Å². The molecule has 1 unspecified atom stereocenters. The molecule has 0 bridgehead atoms. The van der Waals surface area contributed by atoms with Crippen LogP contribution in [-0.4, -0.2) is 21.7 Å². The third kappa shape index (κ3) is 2.28. The van der Waals surface area contributed by atoms with E-state index in [4.69, 9.17) is 11.6 Å². The molecule has 0 aromatic carbocycles. The van der Waals surface area contributed by atoms with E-state index in [1.807, 2.05) is 10.7 Å². The average molecular weight is 282 g/mol. The maximum absolute atomic E-state index is 12.0. The van der Waals surface area contributed by atoms with E-state index >= 15 is 0 Å². The predicted octanol–water partition coefficient (Wildman–Crippen LogP) is 2.34. The molecule has 0 spiro atoms. The number of thiophene rings is 1. The number of nitrogens with zero attached hydrogens (tertiary/aromatic N) is 2. The molecule has 1 atom stereocenters. The van der Waals surface area contributed by atoms with Crippen molar-refractivity contribution in [2.45, 2.75) is 25.4 Å². The Balaban J connectivity index is 1.66. The summed E-state index contributed by atoms with van der Waals surface area (Å²) in [7, 11) is 0. The summed E-state index contributed by atoms with van der Waals surface area (Å²) >= 11 is 7.13. The average Bonchev–Trinajstić information content (AvgIpc) is 2.96. The highest BCUT2D eigenvalue weighted by Gasteiger charge is 2.21. The van der Waals surface area contributed by atoms with Crippen LogP contribution in [0.3, 0.4) is 0 Å². The van der Waals surface area contributed by atoms with Crippen molar-refractivity contribution in [3.05, 3.63) is 39.3 Å². The monoisotopic (exact) mass is 281 g/mol. The van der Waals surface area contributed by atoms with Crippen LogP contribution in [0.15, 0.2) is 24.4 Å². The molecule has 2 aromatic rings. The zero-order chi connectivity index (χ0) is 12.5. The number of hydrogen-bond donors (Lipinski definition) is 1. The number of halogens is 1. The zero-order valence-electron chi connectivity index (χ0n) is 9.60. The molecule has 6 heteroatoms. The minimum atomic E-state index is -0.0372. The van der Waals surface area contributed by atoms with Gasteiger partial charge in [-0.2, -0.15) is 5.10 Å². The van der Waals surface area contributed by atoms with E-state index in [0.29, 0.717) is 9.21 Å². The van der Waals surface area contributed by atoms with E-state index in [1.54, 1.807) is 18.3 Å². The Labute approximate surface area is 114 Å². The first kappa shape index (κ1) is 11.7. The lowest BCUT2D eigenvalue weighted by Crippen LogP contribution is -2.39. The van der Waals surface area contributed by atoms with Crippen LogP contribution in [0.4, 0.5) is 0 Å². The largest absolute Gasteiger partial charge is 0.348 e. The fourth-order valence-corrected chi connectivity index (χ4v) is 3.13. The van der Waals surface area contributed by atoms with Crippen LogP contribution in [0.2, 0.25) is 4.34 Å². The van der Waals surface area contributed by atoms with Crippen molar-refractivity contribution >= 4 is 28.8 Å². The molecule has 3 heterocycles. The van der Waals surface area contributed by atoms with Crippen LogP contribution in [0.25, 0.3) is 0 Å². The van der Waals surface area contributed by atoms with Gasteiger partial charge in [-0.15, -0.1) is 11.3 Å². The number of amides is 1. The first-order valence-corrected chi connectivity index (χ1v) is 6.99. The summed E-state index contributed by atoms with van der Waals surface area (Å²) < 4.78 is 2.63. The lowest BCUT2D eigenvalue weighted by atomic mass is 10.0. The quantitative estimate of drug-likeness (QED) is 0.918. The van der Waals surface area contributed by atoms with Crippen molar-refractivity contribution in [2.75, 3.05) is 0 Å². The minimum Gasteiger partial charge on any atom is -0.348 e. The Kier molecular flexibility index (Phi) is 3.09. The maximum atomic E-state index is 12.0. The molecular weight excluding hydrogens is 270 g/mol. The van der Waals surface area contributed by atoms with Gasteiger partial charge in [-0.3, -0.25) is 9.48 Å². The molecule has 0 radical (unpaired) electrons. The topological polar surface area (TPSA) is 46.9 Å². The summed E-state index contributed by atoms with van der Waals surface area (Å²) in [4.78, 5) is 12.7. The Morgan fingerprint density at radius 1 is 1.50 bits per heavy atom. The highest BCUT2D eigenvalue weighted by atomic mass is 35.5. The van der Waals surface area contributed by atoms with Crippen LogP contribution in [0, 0.1) is 0 Å².